The molecule has 0 saturated heterocycles. The Morgan fingerprint density at radius 1 is 1.07 bits per heavy atom. The molecule has 92 valence electrons. The number of nitrogens with one attached hydrogen (secondary N) is 1. The van der Waals surface area contributed by atoms with Gasteiger partial charge in [-0.25, -0.2) is 0 Å². The van der Waals surface area contributed by atoms with Gasteiger partial charge in [0.25, 0.3) is 0 Å². The second-order valence-corrected chi connectivity index (χ2v) is 4.70. The molecule has 0 bridgehead atoms. The van der Waals surface area contributed by atoms with Crippen LogP contribution in [0, 0.1) is 0 Å². The molecule has 0 aromatic heterocycles. The molecule has 0 heterocycles. The summed E-state index contributed by atoms with van der Waals surface area (Å²) in [7, 11) is 4.29. The lowest BCUT2D eigenvalue weighted by Gasteiger charge is -2.16. The zero-order chi connectivity index (χ0) is 11.5. The summed E-state index contributed by atoms with van der Waals surface area (Å²) in [6.45, 7) is 7.06. The van der Waals surface area contributed by atoms with Gasteiger partial charge in [0.15, 0.2) is 0 Å². The standard InChI is InChI=1S/C13H30N2/c1-5-6-8-11-15(4)12-9-7-10-13(2)14-3/h13-14H,5-12H2,1-4H3. The van der Waals surface area contributed by atoms with Crippen molar-refractivity contribution in [3.63, 3.8) is 0 Å². The Morgan fingerprint density at radius 3 is 2.20 bits per heavy atom. The Bertz CT molecular complexity index is 126. The van der Waals surface area contributed by atoms with Gasteiger partial charge in [0.1, 0.15) is 0 Å². The number of hydrogen-bond donors (Lipinski definition) is 1. The van der Waals surface area contributed by atoms with E-state index in [9.17, 15) is 0 Å². The quantitative estimate of drug-likeness (QED) is 0.563. The lowest BCUT2D eigenvalue weighted by atomic mass is 10.1. The molecule has 0 aliphatic carbocycles. The summed E-state index contributed by atoms with van der Waals surface area (Å²) in [4.78, 5) is 2.47. The van der Waals surface area contributed by atoms with Crippen molar-refractivity contribution in [1.82, 2.24) is 10.2 Å². The summed E-state index contributed by atoms with van der Waals surface area (Å²) in [5.74, 6) is 0. The molecule has 0 radical (unpaired) electrons. The molecule has 0 fully saturated rings. The minimum atomic E-state index is 0.676. The van der Waals surface area contributed by atoms with Crippen molar-refractivity contribution in [3.05, 3.63) is 0 Å². The Balaban J connectivity index is 3.19. The van der Waals surface area contributed by atoms with E-state index in [4.69, 9.17) is 0 Å². The SMILES string of the molecule is CCCCCN(C)CCCCC(C)NC. The Hall–Kier alpha value is -0.0800. The van der Waals surface area contributed by atoms with Gasteiger partial charge in [-0.1, -0.05) is 26.2 Å². The molecule has 1 unspecified atom stereocenters. The van der Waals surface area contributed by atoms with E-state index in [1.807, 2.05) is 7.05 Å². The first-order chi connectivity index (χ1) is 7.20. The second kappa shape index (κ2) is 10.4. The molecule has 2 heteroatoms. The summed E-state index contributed by atoms with van der Waals surface area (Å²) < 4.78 is 0. The molecule has 1 atom stereocenters. The minimum absolute atomic E-state index is 0.676. The van der Waals surface area contributed by atoms with Crippen LogP contribution in [0.2, 0.25) is 0 Å². The van der Waals surface area contributed by atoms with Crippen molar-refractivity contribution in [2.24, 2.45) is 0 Å². The summed E-state index contributed by atoms with van der Waals surface area (Å²) >= 11 is 0. The van der Waals surface area contributed by atoms with Gasteiger partial charge in [-0.15, -0.1) is 0 Å². The molecule has 0 spiro atoms. The van der Waals surface area contributed by atoms with Gasteiger partial charge in [0, 0.05) is 6.04 Å². The molecular formula is C13H30N2. The number of rotatable bonds is 10. The predicted molar refractivity (Wildman–Crippen MR) is 69.4 cm³/mol. The monoisotopic (exact) mass is 214 g/mol. The molecule has 0 saturated carbocycles. The zero-order valence-corrected chi connectivity index (χ0v) is 11.2. The van der Waals surface area contributed by atoms with Gasteiger partial charge in [-0.3, -0.25) is 0 Å². The molecule has 0 rings (SSSR count). The first-order valence-corrected chi connectivity index (χ1v) is 6.56. The van der Waals surface area contributed by atoms with Gasteiger partial charge in [0.05, 0.1) is 0 Å². The van der Waals surface area contributed by atoms with Crippen LogP contribution < -0.4 is 5.32 Å². The highest BCUT2D eigenvalue weighted by Gasteiger charge is 2.00. The van der Waals surface area contributed by atoms with Crippen LogP contribution >= 0.6 is 0 Å². The fourth-order valence-corrected chi connectivity index (χ4v) is 1.72. The third-order valence-electron chi connectivity index (χ3n) is 3.06. The fraction of sp³-hybridized carbons (Fsp3) is 1.00. The van der Waals surface area contributed by atoms with Gasteiger partial charge in [-0.2, -0.15) is 0 Å². The van der Waals surface area contributed by atoms with E-state index in [0.717, 1.165) is 0 Å². The Morgan fingerprint density at radius 2 is 1.67 bits per heavy atom. The van der Waals surface area contributed by atoms with E-state index in [1.54, 1.807) is 0 Å². The van der Waals surface area contributed by atoms with Crippen molar-refractivity contribution in [2.45, 2.75) is 58.4 Å². The predicted octanol–water partition coefficient (Wildman–Crippen LogP) is 2.89. The van der Waals surface area contributed by atoms with E-state index in [-0.39, 0.29) is 0 Å². The van der Waals surface area contributed by atoms with Crippen molar-refractivity contribution in [1.29, 1.82) is 0 Å². The van der Waals surface area contributed by atoms with E-state index in [0.29, 0.717) is 6.04 Å². The van der Waals surface area contributed by atoms with Crippen LogP contribution in [-0.4, -0.2) is 38.1 Å². The number of unbranched alkanes of at least 4 members (excludes halogenated alkanes) is 3. The van der Waals surface area contributed by atoms with Gasteiger partial charge >= 0.3 is 0 Å². The van der Waals surface area contributed by atoms with Crippen LogP contribution in [0.15, 0.2) is 0 Å². The van der Waals surface area contributed by atoms with E-state index >= 15 is 0 Å². The summed E-state index contributed by atoms with van der Waals surface area (Å²) in [6.07, 6.45) is 8.06. The van der Waals surface area contributed by atoms with Crippen LogP contribution in [-0.2, 0) is 0 Å². The van der Waals surface area contributed by atoms with E-state index in [2.05, 4.69) is 31.1 Å². The topological polar surface area (TPSA) is 15.3 Å². The summed E-state index contributed by atoms with van der Waals surface area (Å²) in [5.41, 5.74) is 0. The van der Waals surface area contributed by atoms with Gasteiger partial charge in [-0.05, 0) is 53.4 Å². The van der Waals surface area contributed by atoms with Crippen molar-refractivity contribution >= 4 is 0 Å². The highest BCUT2D eigenvalue weighted by atomic mass is 15.1. The van der Waals surface area contributed by atoms with Crippen LogP contribution in [0.5, 0.6) is 0 Å². The minimum Gasteiger partial charge on any atom is -0.317 e. The molecule has 0 aliphatic rings. The number of nitrogens with zero attached hydrogens (tertiary/aromatic N) is 1. The first kappa shape index (κ1) is 14.9. The molecule has 2 nitrogen and oxygen atoms in total. The van der Waals surface area contributed by atoms with Gasteiger partial charge < -0.3 is 10.2 Å². The van der Waals surface area contributed by atoms with Gasteiger partial charge in [0.2, 0.25) is 0 Å². The van der Waals surface area contributed by atoms with Crippen molar-refractivity contribution in [3.8, 4) is 0 Å². The third kappa shape index (κ3) is 10.2. The van der Waals surface area contributed by atoms with E-state index < -0.39 is 0 Å². The lowest BCUT2D eigenvalue weighted by Crippen LogP contribution is -2.23. The average Bonchev–Trinajstić information content (AvgIpc) is 2.24. The highest BCUT2D eigenvalue weighted by Crippen LogP contribution is 2.02. The lowest BCUT2D eigenvalue weighted by molar-refractivity contribution is 0.314. The van der Waals surface area contributed by atoms with Crippen LogP contribution in [0.3, 0.4) is 0 Å². The van der Waals surface area contributed by atoms with Crippen LogP contribution in [0.1, 0.15) is 52.4 Å². The maximum Gasteiger partial charge on any atom is 0.00357 e. The molecule has 0 aromatic rings. The fourth-order valence-electron chi connectivity index (χ4n) is 1.72. The largest absolute Gasteiger partial charge is 0.317 e. The maximum absolute atomic E-state index is 3.28. The molecule has 1 N–H and O–H groups in total. The Labute approximate surface area is 96.4 Å². The zero-order valence-electron chi connectivity index (χ0n) is 11.2. The highest BCUT2D eigenvalue weighted by molar-refractivity contribution is 4.58. The summed E-state index contributed by atoms with van der Waals surface area (Å²) in [5, 5.41) is 3.28. The average molecular weight is 214 g/mol. The first-order valence-electron chi connectivity index (χ1n) is 6.56. The normalized spacial score (nSPS) is 13.4. The maximum atomic E-state index is 3.28. The Kier molecular flexibility index (Phi) is 10.4. The van der Waals surface area contributed by atoms with Crippen molar-refractivity contribution < 1.29 is 0 Å². The second-order valence-electron chi connectivity index (χ2n) is 4.70. The summed E-state index contributed by atoms with van der Waals surface area (Å²) in [6, 6.07) is 0.676. The molecule has 0 aromatic carbocycles. The van der Waals surface area contributed by atoms with Crippen LogP contribution in [0.25, 0.3) is 0 Å². The van der Waals surface area contributed by atoms with Crippen LogP contribution in [0.4, 0.5) is 0 Å². The molecule has 0 amide bonds. The molecule has 0 aliphatic heterocycles. The molecular weight excluding hydrogens is 184 g/mol. The van der Waals surface area contributed by atoms with E-state index in [1.165, 1.54) is 51.6 Å². The third-order valence-corrected chi connectivity index (χ3v) is 3.06. The smallest absolute Gasteiger partial charge is 0.00357 e. The van der Waals surface area contributed by atoms with Crippen molar-refractivity contribution in [2.75, 3.05) is 27.2 Å². The molecule has 15 heavy (non-hydrogen) atoms. The number of hydrogen-bond acceptors (Lipinski definition) is 2.